The van der Waals surface area contributed by atoms with Gasteiger partial charge in [-0.1, -0.05) is 30.3 Å². The Morgan fingerprint density at radius 2 is 1.89 bits per heavy atom. The van der Waals surface area contributed by atoms with Crippen molar-refractivity contribution in [1.29, 1.82) is 0 Å². The summed E-state index contributed by atoms with van der Waals surface area (Å²) in [6.45, 7) is 4.17. The third-order valence-electron chi connectivity index (χ3n) is 3.89. The summed E-state index contributed by atoms with van der Waals surface area (Å²) in [6.07, 6.45) is 1.81. The van der Waals surface area contributed by atoms with Crippen molar-refractivity contribution < 1.29 is 9.53 Å². The predicted octanol–water partition coefficient (Wildman–Crippen LogP) is 2.63. The fourth-order valence-corrected chi connectivity index (χ4v) is 2.63. The van der Waals surface area contributed by atoms with E-state index in [4.69, 9.17) is 4.74 Å². The van der Waals surface area contributed by atoms with Crippen molar-refractivity contribution in [1.82, 2.24) is 4.90 Å². The highest BCUT2D eigenvalue weighted by molar-refractivity contribution is 5.72. The van der Waals surface area contributed by atoms with Crippen LogP contribution in [0.4, 0.5) is 0 Å². The molecule has 0 radical (unpaired) electrons. The maximum Gasteiger partial charge on any atom is 0.308 e. The van der Waals surface area contributed by atoms with Crippen LogP contribution in [-0.2, 0) is 9.53 Å². The summed E-state index contributed by atoms with van der Waals surface area (Å²) in [6, 6.07) is 10.9. The van der Waals surface area contributed by atoms with Crippen molar-refractivity contribution in [3.05, 3.63) is 35.9 Å². The van der Waals surface area contributed by atoms with E-state index < -0.39 is 0 Å². The third kappa shape index (κ3) is 2.91. The molecular weight excluding hydrogens is 226 g/mol. The molecule has 1 aromatic rings. The Kier molecular flexibility index (Phi) is 4.37. The Morgan fingerprint density at radius 3 is 2.44 bits per heavy atom. The number of hydrogen-bond acceptors (Lipinski definition) is 3. The fourth-order valence-electron chi connectivity index (χ4n) is 2.63. The molecule has 1 fully saturated rings. The maximum absolute atomic E-state index is 11.5. The number of benzene rings is 1. The van der Waals surface area contributed by atoms with Crippen LogP contribution in [0, 0.1) is 5.92 Å². The summed E-state index contributed by atoms with van der Waals surface area (Å²) in [4.78, 5) is 13.9. The third-order valence-corrected chi connectivity index (χ3v) is 3.89. The number of hydrogen-bond donors (Lipinski definition) is 0. The molecule has 3 nitrogen and oxygen atoms in total. The summed E-state index contributed by atoms with van der Waals surface area (Å²) in [5.41, 5.74) is 1.34. The molecule has 0 aromatic heterocycles. The van der Waals surface area contributed by atoms with E-state index in [-0.39, 0.29) is 11.9 Å². The van der Waals surface area contributed by atoms with Gasteiger partial charge in [0.1, 0.15) is 0 Å². The molecule has 1 unspecified atom stereocenters. The second-order valence-corrected chi connectivity index (χ2v) is 4.92. The molecule has 0 bridgehead atoms. The Morgan fingerprint density at radius 1 is 1.28 bits per heavy atom. The van der Waals surface area contributed by atoms with Crippen LogP contribution in [0.5, 0.6) is 0 Å². The first-order chi connectivity index (χ1) is 8.72. The van der Waals surface area contributed by atoms with E-state index in [0.717, 1.165) is 25.9 Å². The topological polar surface area (TPSA) is 29.5 Å². The van der Waals surface area contributed by atoms with E-state index in [1.165, 1.54) is 12.7 Å². The number of rotatable bonds is 3. The van der Waals surface area contributed by atoms with Crippen LogP contribution in [0.2, 0.25) is 0 Å². The molecule has 1 aliphatic heterocycles. The van der Waals surface area contributed by atoms with Gasteiger partial charge in [0.15, 0.2) is 0 Å². The second kappa shape index (κ2) is 6.01. The highest BCUT2D eigenvalue weighted by atomic mass is 16.5. The molecule has 0 amide bonds. The van der Waals surface area contributed by atoms with Gasteiger partial charge < -0.3 is 4.74 Å². The lowest BCUT2D eigenvalue weighted by molar-refractivity contribution is -0.147. The number of likely N-dealkylation sites (tertiary alicyclic amines) is 1. The fraction of sp³-hybridized carbons (Fsp3) is 0.533. The smallest absolute Gasteiger partial charge is 0.308 e. The lowest BCUT2D eigenvalue weighted by Crippen LogP contribution is -2.38. The van der Waals surface area contributed by atoms with Crippen molar-refractivity contribution in [2.75, 3.05) is 20.2 Å². The summed E-state index contributed by atoms with van der Waals surface area (Å²) in [7, 11) is 1.47. The zero-order chi connectivity index (χ0) is 13.0. The van der Waals surface area contributed by atoms with Gasteiger partial charge in [-0.05, 0) is 38.4 Å². The van der Waals surface area contributed by atoms with Crippen molar-refractivity contribution in [2.45, 2.75) is 25.8 Å². The zero-order valence-electron chi connectivity index (χ0n) is 11.1. The lowest BCUT2D eigenvalue weighted by Gasteiger charge is -2.35. The quantitative estimate of drug-likeness (QED) is 0.769. The van der Waals surface area contributed by atoms with E-state index in [0.29, 0.717) is 6.04 Å². The number of piperidine rings is 1. The molecule has 1 aromatic carbocycles. The maximum atomic E-state index is 11.5. The normalized spacial score (nSPS) is 19.4. The van der Waals surface area contributed by atoms with Crippen LogP contribution in [-0.4, -0.2) is 31.1 Å². The molecule has 0 saturated carbocycles. The van der Waals surface area contributed by atoms with Crippen LogP contribution in [0.1, 0.15) is 31.4 Å². The van der Waals surface area contributed by atoms with E-state index in [1.54, 1.807) is 0 Å². The highest BCUT2D eigenvalue weighted by Gasteiger charge is 2.27. The molecule has 3 heteroatoms. The largest absolute Gasteiger partial charge is 0.469 e. The minimum absolute atomic E-state index is 0.0537. The van der Waals surface area contributed by atoms with Gasteiger partial charge >= 0.3 is 5.97 Å². The molecule has 98 valence electrons. The summed E-state index contributed by atoms with van der Waals surface area (Å²) in [5, 5.41) is 0. The first kappa shape index (κ1) is 13.1. The van der Waals surface area contributed by atoms with Crippen LogP contribution < -0.4 is 0 Å². The number of esters is 1. The van der Waals surface area contributed by atoms with Crippen LogP contribution >= 0.6 is 0 Å². The van der Waals surface area contributed by atoms with Crippen molar-refractivity contribution >= 4 is 5.97 Å². The summed E-state index contributed by atoms with van der Waals surface area (Å²) >= 11 is 0. The SMILES string of the molecule is COC(=O)C1CCN(C(C)c2ccccc2)CC1. The molecule has 1 aliphatic rings. The van der Waals surface area contributed by atoms with Crippen LogP contribution in [0.15, 0.2) is 30.3 Å². The Bertz CT molecular complexity index is 383. The van der Waals surface area contributed by atoms with Crippen LogP contribution in [0.3, 0.4) is 0 Å². The highest BCUT2D eigenvalue weighted by Crippen LogP contribution is 2.26. The van der Waals surface area contributed by atoms with E-state index in [2.05, 4.69) is 36.1 Å². The Hall–Kier alpha value is -1.35. The van der Waals surface area contributed by atoms with Gasteiger partial charge in [0.25, 0.3) is 0 Å². The van der Waals surface area contributed by atoms with Gasteiger partial charge in [-0.25, -0.2) is 0 Å². The summed E-state index contributed by atoms with van der Waals surface area (Å²) < 4.78 is 4.81. The number of carbonyl (C=O) groups is 1. The molecule has 1 saturated heterocycles. The monoisotopic (exact) mass is 247 g/mol. The van der Waals surface area contributed by atoms with Crippen LogP contribution in [0.25, 0.3) is 0 Å². The molecule has 18 heavy (non-hydrogen) atoms. The molecule has 1 heterocycles. The first-order valence-corrected chi connectivity index (χ1v) is 6.59. The Balaban J connectivity index is 1.92. The molecule has 0 spiro atoms. The number of carbonyl (C=O) groups excluding carboxylic acids is 1. The number of methoxy groups -OCH3 is 1. The van der Waals surface area contributed by atoms with Crippen molar-refractivity contribution in [3.8, 4) is 0 Å². The van der Waals surface area contributed by atoms with Gasteiger partial charge in [0.05, 0.1) is 13.0 Å². The lowest BCUT2D eigenvalue weighted by atomic mass is 9.95. The first-order valence-electron chi connectivity index (χ1n) is 6.59. The number of ether oxygens (including phenoxy) is 1. The van der Waals surface area contributed by atoms with Gasteiger partial charge in [0.2, 0.25) is 0 Å². The van der Waals surface area contributed by atoms with Gasteiger partial charge in [0, 0.05) is 6.04 Å². The molecule has 2 rings (SSSR count). The molecule has 0 aliphatic carbocycles. The molecule has 0 N–H and O–H groups in total. The Labute approximate surface area is 109 Å². The van der Waals surface area contributed by atoms with E-state index in [9.17, 15) is 4.79 Å². The average molecular weight is 247 g/mol. The zero-order valence-corrected chi connectivity index (χ0v) is 11.1. The van der Waals surface area contributed by atoms with Crippen molar-refractivity contribution in [2.24, 2.45) is 5.92 Å². The minimum atomic E-state index is -0.0537. The standard InChI is InChI=1S/C15H21NO2/c1-12(13-6-4-3-5-7-13)16-10-8-14(9-11-16)15(17)18-2/h3-7,12,14H,8-11H2,1-2H3. The second-order valence-electron chi connectivity index (χ2n) is 4.92. The van der Waals surface area contributed by atoms with Gasteiger partial charge in [-0.3, -0.25) is 9.69 Å². The predicted molar refractivity (Wildman–Crippen MR) is 71.2 cm³/mol. The van der Waals surface area contributed by atoms with Gasteiger partial charge in [-0.15, -0.1) is 0 Å². The minimum Gasteiger partial charge on any atom is -0.469 e. The molecular formula is C15H21NO2. The van der Waals surface area contributed by atoms with Gasteiger partial charge in [-0.2, -0.15) is 0 Å². The average Bonchev–Trinajstić information content (AvgIpc) is 2.47. The van der Waals surface area contributed by atoms with E-state index in [1.807, 2.05) is 6.07 Å². The van der Waals surface area contributed by atoms with E-state index >= 15 is 0 Å². The molecule has 1 atom stereocenters. The number of nitrogens with zero attached hydrogens (tertiary/aromatic N) is 1. The van der Waals surface area contributed by atoms with Crippen molar-refractivity contribution in [3.63, 3.8) is 0 Å². The summed E-state index contributed by atoms with van der Waals surface area (Å²) in [5.74, 6) is 0.0382.